The van der Waals surface area contributed by atoms with Crippen molar-refractivity contribution in [1.29, 1.82) is 0 Å². The Balaban J connectivity index is 1.32. The van der Waals surface area contributed by atoms with Crippen LogP contribution in [0.3, 0.4) is 0 Å². The summed E-state index contributed by atoms with van der Waals surface area (Å²) in [7, 11) is 0. The van der Waals surface area contributed by atoms with Gasteiger partial charge in [-0.15, -0.1) is 0 Å². The normalized spacial score (nSPS) is 24.8. The van der Waals surface area contributed by atoms with Gasteiger partial charge in [-0.05, 0) is 49.6 Å². The van der Waals surface area contributed by atoms with Crippen LogP contribution in [0.4, 0.5) is 10.1 Å². The summed E-state index contributed by atoms with van der Waals surface area (Å²) in [5.74, 6) is -0.196. The largest absolute Gasteiger partial charge is 0.392 e. The van der Waals surface area contributed by atoms with Gasteiger partial charge in [0, 0.05) is 61.8 Å². The maximum absolute atomic E-state index is 14.2. The maximum atomic E-state index is 14.2. The number of carbonyl (C=O) groups excluding carboxylic acids is 1. The van der Waals surface area contributed by atoms with Gasteiger partial charge in [0.2, 0.25) is 5.91 Å². The van der Waals surface area contributed by atoms with Crippen molar-refractivity contribution < 1.29 is 19.0 Å². The van der Waals surface area contributed by atoms with Gasteiger partial charge >= 0.3 is 0 Å². The molecule has 0 aliphatic carbocycles. The van der Waals surface area contributed by atoms with E-state index in [2.05, 4.69) is 48.9 Å². The fraction of sp³-hybridized carbons (Fsp3) is 0.562. The number of morpholine rings is 1. The van der Waals surface area contributed by atoms with Crippen molar-refractivity contribution in [3.63, 3.8) is 0 Å². The summed E-state index contributed by atoms with van der Waals surface area (Å²) in [6.45, 7) is 14.4. The summed E-state index contributed by atoms with van der Waals surface area (Å²) in [6, 6.07) is 9.48. The number of carbonyl (C=O) groups is 1. The average Bonchev–Trinajstić information content (AvgIpc) is 3.50. The summed E-state index contributed by atoms with van der Waals surface area (Å²) in [4.78, 5) is 21.0. The molecule has 0 bridgehead atoms. The van der Waals surface area contributed by atoms with Gasteiger partial charge in [-0.2, -0.15) is 5.10 Å². The van der Waals surface area contributed by atoms with Gasteiger partial charge in [0.25, 0.3) is 0 Å². The summed E-state index contributed by atoms with van der Waals surface area (Å²) in [5.41, 5.74) is 5.00. The van der Waals surface area contributed by atoms with E-state index >= 15 is 0 Å². The highest BCUT2D eigenvalue weighted by atomic mass is 19.1. The molecule has 1 amide bonds. The molecule has 3 aliphatic heterocycles. The SMILES string of the molecule is C[C@@H]1CN(CC(=O)N2CC(C)(C)c3c2cc(Cc2ccc(F)cc2)c2c(CO)cnn32)[C@@H](CN2CCOC[C@H]2C)CN1. The van der Waals surface area contributed by atoms with Crippen LogP contribution in [-0.2, 0) is 28.0 Å². The number of amides is 1. The Labute approximate surface area is 247 Å². The van der Waals surface area contributed by atoms with E-state index < -0.39 is 0 Å². The predicted octanol–water partition coefficient (Wildman–Crippen LogP) is 2.56. The second-order valence-electron chi connectivity index (χ2n) is 13.0. The van der Waals surface area contributed by atoms with E-state index in [-0.39, 0.29) is 29.8 Å². The molecule has 1 aromatic carbocycles. The molecule has 0 unspecified atom stereocenters. The Hall–Kier alpha value is -2.89. The zero-order valence-corrected chi connectivity index (χ0v) is 25.1. The minimum absolute atomic E-state index is 0.0811. The number of nitrogens with one attached hydrogen (secondary N) is 1. The van der Waals surface area contributed by atoms with Crippen LogP contribution in [0.5, 0.6) is 0 Å². The Morgan fingerprint density at radius 1 is 1.19 bits per heavy atom. The van der Waals surface area contributed by atoms with E-state index in [0.717, 1.165) is 73.0 Å². The first-order chi connectivity index (χ1) is 20.1. The van der Waals surface area contributed by atoms with Gasteiger partial charge < -0.3 is 20.1 Å². The summed E-state index contributed by atoms with van der Waals surface area (Å²) >= 11 is 0. The lowest BCUT2D eigenvalue weighted by Gasteiger charge is -2.43. The van der Waals surface area contributed by atoms with Crippen molar-refractivity contribution in [2.45, 2.75) is 64.3 Å². The number of ether oxygens (including phenoxy) is 1. The number of hydrogen-bond donors (Lipinski definition) is 2. The third-order valence-corrected chi connectivity index (χ3v) is 9.19. The molecule has 2 aromatic heterocycles. The van der Waals surface area contributed by atoms with Gasteiger partial charge in [0.15, 0.2) is 0 Å². The molecule has 6 rings (SSSR count). The monoisotopic (exact) mass is 578 g/mol. The number of aliphatic hydroxyl groups excluding tert-OH is 1. The molecule has 2 fully saturated rings. The fourth-order valence-corrected chi connectivity index (χ4v) is 6.96. The van der Waals surface area contributed by atoms with E-state index in [1.54, 1.807) is 18.3 Å². The van der Waals surface area contributed by atoms with Gasteiger partial charge in [-0.3, -0.25) is 14.6 Å². The molecule has 9 nitrogen and oxygen atoms in total. The molecule has 0 radical (unpaired) electrons. The van der Waals surface area contributed by atoms with Crippen LogP contribution in [0.2, 0.25) is 0 Å². The number of anilines is 1. The van der Waals surface area contributed by atoms with E-state index in [1.165, 1.54) is 12.1 Å². The Morgan fingerprint density at radius 3 is 2.71 bits per heavy atom. The molecule has 10 heteroatoms. The molecular formula is C32H43FN6O3. The van der Waals surface area contributed by atoms with E-state index in [9.17, 15) is 14.3 Å². The molecule has 3 aromatic rings. The lowest BCUT2D eigenvalue weighted by atomic mass is 9.90. The Kier molecular flexibility index (Phi) is 8.10. The van der Waals surface area contributed by atoms with Crippen molar-refractivity contribution in [2.24, 2.45) is 0 Å². The van der Waals surface area contributed by atoms with Crippen molar-refractivity contribution >= 4 is 17.1 Å². The summed E-state index contributed by atoms with van der Waals surface area (Å²) in [5, 5.41) is 18.5. The number of hydrogen-bond acceptors (Lipinski definition) is 7. The van der Waals surface area contributed by atoms with Gasteiger partial charge in [-0.25, -0.2) is 8.91 Å². The average molecular weight is 579 g/mol. The Morgan fingerprint density at radius 2 is 1.98 bits per heavy atom. The van der Waals surface area contributed by atoms with Crippen LogP contribution in [0, 0.1) is 5.82 Å². The number of aliphatic hydroxyl groups is 1. The Bertz CT molecular complexity index is 1440. The number of piperazine rings is 1. The third-order valence-electron chi connectivity index (χ3n) is 9.19. The molecule has 0 saturated carbocycles. The zero-order chi connectivity index (χ0) is 29.6. The zero-order valence-electron chi connectivity index (χ0n) is 25.1. The van der Waals surface area contributed by atoms with Crippen LogP contribution >= 0.6 is 0 Å². The number of nitrogens with zero attached hydrogens (tertiary/aromatic N) is 5. The van der Waals surface area contributed by atoms with Crippen LogP contribution < -0.4 is 10.2 Å². The first-order valence-electron chi connectivity index (χ1n) is 15.1. The topological polar surface area (TPSA) is 85.6 Å². The molecule has 42 heavy (non-hydrogen) atoms. The number of pyridine rings is 1. The van der Waals surface area contributed by atoms with Crippen molar-refractivity contribution in [2.75, 3.05) is 57.4 Å². The maximum Gasteiger partial charge on any atom is 0.241 e. The van der Waals surface area contributed by atoms with Gasteiger partial charge in [0.1, 0.15) is 5.82 Å². The van der Waals surface area contributed by atoms with Crippen molar-refractivity contribution in [3.8, 4) is 0 Å². The smallest absolute Gasteiger partial charge is 0.241 e. The van der Waals surface area contributed by atoms with Gasteiger partial charge in [0.05, 0.1) is 49.5 Å². The van der Waals surface area contributed by atoms with Gasteiger partial charge in [-0.1, -0.05) is 26.0 Å². The number of benzene rings is 1. The lowest BCUT2D eigenvalue weighted by Crippen LogP contribution is -2.62. The number of rotatable bonds is 7. The van der Waals surface area contributed by atoms with Crippen molar-refractivity contribution in [3.05, 3.63) is 64.7 Å². The minimum Gasteiger partial charge on any atom is -0.392 e. The highest BCUT2D eigenvalue weighted by Gasteiger charge is 2.42. The second-order valence-corrected chi connectivity index (χ2v) is 13.0. The van der Waals surface area contributed by atoms with Crippen molar-refractivity contribution in [1.82, 2.24) is 24.7 Å². The van der Waals surface area contributed by atoms with E-state index in [4.69, 9.17) is 9.84 Å². The molecule has 2 N–H and O–H groups in total. The molecule has 5 heterocycles. The number of halogens is 1. The standard InChI is InChI=1S/C32H43FN6O3/c1-21-15-37(27(14-34-21)16-36-9-10-42-19-22(36)2)17-29(41)38-20-32(3,4)31-28(38)12-24(11-23-5-7-26(33)8-6-23)30-25(18-40)13-35-39(30)31/h5-8,12-13,21-22,27,34,40H,9-11,14-20H2,1-4H3/t21-,22-,27-/m1/s1. The van der Waals surface area contributed by atoms with E-state index in [1.807, 2.05) is 9.42 Å². The molecule has 0 spiro atoms. The quantitative estimate of drug-likeness (QED) is 0.446. The first-order valence-corrected chi connectivity index (χ1v) is 15.1. The van der Waals surface area contributed by atoms with E-state index in [0.29, 0.717) is 31.6 Å². The second kappa shape index (κ2) is 11.7. The molecule has 3 aliphatic rings. The number of aromatic nitrogens is 2. The lowest BCUT2D eigenvalue weighted by molar-refractivity contribution is -0.121. The third kappa shape index (κ3) is 5.58. The molecule has 3 atom stereocenters. The summed E-state index contributed by atoms with van der Waals surface area (Å²) < 4.78 is 21.2. The van der Waals surface area contributed by atoms with Crippen LogP contribution in [0.15, 0.2) is 36.5 Å². The summed E-state index contributed by atoms with van der Waals surface area (Å²) in [6.07, 6.45) is 2.25. The van der Waals surface area contributed by atoms with Crippen LogP contribution in [0.1, 0.15) is 50.1 Å². The molecular weight excluding hydrogens is 535 g/mol. The van der Waals surface area contributed by atoms with Crippen LogP contribution in [0.25, 0.3) is 5.52 Å². The number of fused-ring (bicyclic) bond motifs is 3. The fourth-order valence-electron chi connectivity index (χ4n) is 6.96. The predicted molar refractivity (Wildman–Crippen MR) is 160 cm³/mol. The molecule has 226 valence electrons. The molecule has 2 saturated heterocycles. The van der Waals surface area contributed by atoms with Crippen LogP contribution in [-0.4, -0.2) is 101 Å². The highest BCUT2D eigenvalue weighted by molar-refractivity contribution is 5.98. The highest BCUT2D eigenvalue weighted by Crippen LogP contribution is 2.43. The minimum atomic E-state index is -0.338. The first kappa shape index (κ1) is 29.2.